The highest BCUT2D eigenvalue weighted by Crippen LogP contribution is 2.19. The summed E-state index contributed by atoms with van der Waals surface area (Å²) >= 11 is 0. The molecule has 0 radical (unpaired) electrons. The predicted octanol–water partition coefficient (Wildman–Crippen LogP) is 2.90. The van der Waals surface area contributed by atoms with Crippen molar-refractivity contribution in [3.63, 3.8) is 0 Å². The zero-order chi connectivity index (χ0) is 16.9. The Labute approximate surface area is 142 Å². The molecule has 2 aromatic rings. The largest absolute Gasteiger partial charge is 0.489 e. The molecule has 0 spiro atoms. The average Bonchev–Trinajstić information content (AvgIpc) is 3.19. The number of nitrogens with one attached hydrogen (secondary N) is 1. The summed E-state index contributed by atoms with van der Waals surface area (Å²) in [5, 5.41) is 16.6. The van der Waals surface area contributed by atoms with Gasteiger partial charge >= 0.3 is 0 Å². The van der Waals surface area contributed by atoms with Gasteiger partial charge in [0.15, 0.2) is 0 Å². The van der Waals surface area contributed by atoms with Crippen molar-refractivity contribution in [1.82, 2.24) is 10.5 Å². The molecule has 5 heteroatoms. The van der Waals surface area contributed by atoms with Crippen LogP contribution >= 0.6 is 0 Å². The number of aryl methyl sites for hydroxylation is 2. The van der Waals surface area contributed by atoms with Gasteiger partial charge in [0.1, 0.15) is 18.1 Å². The molecule has 1 aliphatic rings. The average molecular weight is 328 g/mol. The fourth-order valence-electron chi connectivity index (χ4n) is 2.88. The van der Waals surface area contributed by atoms with Crippen LogP contribution in [0, 0.1) is 19.8 Å². The lowest BCUT2D eigenvalue weighted by Crippen LogP contribution is -2.26. The minimum Gasteiger partial charge on any atom is -0.489 e. The van der Waals surface area contributed by atoms with Crippen molar-refractivity contribution in [3.05, 3.63) is 59.0 Å². The molecular weight excluding hydrogens is 304 g/mol. The second kappa shape index (κ2) is 7.64. The van der Waals surface area contributed by atoms with E-state index in [9.17, 15) is 0 Å². The monoisotopic (exact) mass is 328 g/mol. The Morgan fingerprint density at radius 2 is 2.04 bits per heavy atom. The highest BCUT2D eigenvalue weighted by atomic mass is 16.5. The molecule has 0 fully saturated rings. The van der Waals surface area contributed by atoms with Gasteiger partial charge in [-0.2, -0.15) is 0 Å². The van der Waals surface area contributed by atoms with Gasteiger partial charge in [-0.3, -0.25) is 0 Å². The lowest BCUT2D eigenvalue weighted by atomic mass is 10.1. The fraction of sp³-hybridized carbons (Fsp3) is 0.421. The minimum absolute atomic E-state index is 0.228. The van der Waals surface area contributed by atoms with E-state index in [0.717, 1.165) is 35.7 Å². The van der Waals surface area contributed by atoms with Crippen LogP contribution in [0.3, 0.4) is 0 Å². The first-order valence-electron chi connectivity index (χ1n) is 8.31. The Morgan fingerprint density at radius 1 is 1.25 bits per heavy atom. The number of hydrogen-bond donors (Lipinski definition) is 2. The van der Waals surface area contributed by atoms with Gasteiger partial charge in [-0.25, -0.2) is 0 Å². The van der Waals surface area contributed by atoms with Crippen molar-refractivity contribution in [2.24, 2.45) is 5.92 Å². The highest BCUT2D eigenvalue weighted by molar-refractivity contribution is 5.28. The molecule has 0 saturated heterocycles. The van der Waals surface area contributed by atoms with E-state index >= 15 is 0 Å². The van der Waals surface area contributed by atoms with E-state index in [0.29, 0.717) is 18.6 Å². The third-order valence-corrected chi connectivity index (χ3v) is 4.46. The number of nitrogens with zero attached hydrogens (tertiary/aromatic N) is 1. The Bertz CT molecular complexity index is 672. The predicted molar refractivity (Wildman–Crippen MR) is 91.7 cm³/mol. The van der Waals surface area contributed by atoms with Crippen LogP contribution in [-0.2, 0) is 13.2 Å². The van der Waals surface area contributed by atoms with E-state index in [4.69, 9.17) is 14.4 Å². The third-order valence-electron chi connectivity index (χ3n) is 4.46. The van der Waals surface area contributed by atoms with Gasteiger partial charge in [-0.05, 0) is 38.0 Å². The molecule has 1 aromatic carbocycles. The van der Waals surface area contributed by atoms with E-state index in [2.05, 4.69) is 34.8 Å². The highest BCUT2D eigenvalue weighted by Gasteiger charge is 2.17. The molecule has 1 aromatic heterocycles. The van der Waals surface area contributed by atoms with Crippen molar-refractivity contribution in [3.8, 4) is 5.75 Å². The SMILES string of the molecule is Cc1noc(C)c1COc1ccc(CN[C@@H]2C=C[C@H](CO)C2)cc1. The summed E-state index contributed by atoms with van der Waals surface area (Å²) in [6, 6.07) is 8.44. The van der Waals surface area contributed by atoms with Gasteiger partial charge < -0.3 is 19.7 Å². The van der Waals surface area contributed by atoms with Gasteiger partial charge in [-0.1, -0.05) is 29.4 Å². The summed E-state index contributed by atoms with van der Waals surface area (Å²) in [6.07, 6.45) is 5.19. The Hall–Kier alpha value is -2.11. The molecule has 5 nitrogen and oxygen atoms in total. The zero-order valence-corrected chi connectivity index (χ0v) is 14.2. The molecule has 0 bridgehead atoms. The van der Waals surface area contributed by atoms with Gasteiger partial charge in [0.2, 0.25) is 0 Å². The van der Waals surface area contributed by atoms with Gasteiger partial charge in [-0.15, -0.1) is 0 Å². The topological polar surface area (TPSA) is 67.5 Å². The van der Waals surface area contributed by atoms with Crippen LogP contribution in [0.25, 0.3) is 0 Å². The molecule has 0 saturated carbocycles. The van der Waals surface area contributed by atoms with Gasteiger partial charge in [0.25, 0.3) is 0 Å². The normalized spacial score (nSPS) is 19.8. The lowest BCUT2D eigenvalue weighted by Gasteiger charge is -2.13. The summed E-state index contributed by atoms with van der Waals surface area (Å²) in [4.78, 5) is 0. The van der Waals surface area contributed by atoms with E-state index < -0.39 is 0 Å². The van der Waals surface area contributed by atoms with Crippen LogP contribution in [0.1, 0.15) is 29.0 Å². The molecule has 1 aliphatic carbocycles. The molecule has 2 atom stereocenters. The molecular formula is C19H24N2O3. The van der Waals surface area contributed by atoms with E-state index in [1.165, 1.54) is 5.56 Å². The van der Waals surface area contributed by atoms with Crippen LogP contribution in [-0.4, -0.2) is 22.9 Å². The number of aliphatic hydroxyl groups is 1. The molecule has 128 valence electrons. The van der Waals surface area contributed by atoms with Crippen LogP contribution in [0.15, 0.2) is 40.9 Å². The van der Waals surface area contributed by atoms with E-state index in [-0.39, 0.29) is 6.61 Å². The molecule has 0 unspecified atom stereocenters. The molecule has 24 heavy (non-hydrogen) atoms. The number of rotatable bonds is 7. The smallest absolute Gasteiger partial charge is 0.140 e. The molecule has 2 N–H and O–H groups in total. The number of hydrogen-bond acceptors (Lipinski definition) is 5. The van der Waals surface area contributed by atoms with Gasteiger partial charge in [0.05, 0.1) is 11.3 Å². The van der Waals surface area contributed by atoms with Crippen molar-refractivity contribution in [2.75, 3.05) is 6.61 Å². The van der Waals surface area contributed by atoms with Gasteiger partial charge in [0, 0.05) is 25.1 Å². The summed E-state index contributed by atoms with van der Waals surface area (Å²) in [5.41, 5.74) is 3.09. The second-order valence-corrected chi connectivity index (χ2v) is 6.29. The molecule has 0 aliphatic heterocycles. The minimum atomic E-state index is 0.228. The number of benzene rings is 1. The van der Waals surface area contributed by atoms with E-state index in [1.807, 2.05) is 26.0 Å². The Balaban J connectivity index is 1.48. The maximum absolute atomic E-state index is 9.15. The summed E-state index contributed by atoms with van der Waals surface area (Å²) in [5.74, 6) is 1.93. The maximum Gasteiger partial charge on any atom is 0.140 e. The zero-order valence-electron chi connectivity index (χ0n) is 14.2. The second-order valence-electron chi connectivity index (χ2n) is 6.29. The number of aliphatic hydroxyl groups excluding tert-OH is 1. The van der Waals surface area contributed by atoms with Crippen LogP contribution in [0.4, 0.5) is 0 Å². The lowest BCUT2D eigenvalue weighted by molar-refractivity contribution is 0.246. The molecule has 0 amide bonds. The summed E-state index contributed by atoms with van der Waals surface area (Å²) in [7, 11) is 0. The van der Waals surface area contributed by atoms with Crippen molar-refractivity contribution < 1.29 is 14.4 Å². The maximum atomic E-state index is 9.15. The fourth-order valence-corrected chi connectivity index (χ4v) is 2.88. The standard InChI is InChI=1S/C19H24N2O3/c1-13-19(14(2)24-21-13)12-23-18-7-4-15(5-8-18)10-20-17-6-3-16(9-17)11-22/h3-8,16-17,20,22H,9-12H2,1-2H3/t16-,17+/m0/s1. The van der Waals surface area contributed by atoms with Crippen molar-refractivity contribution >= 4 is 0 Å². The van der Waals surface area contributed by atoms with Crippen LogP contribution in [0.5, 0.6) is 5.75 Å². The van der Waals surface area contributed by atoms with E-state index in [1.54, 1.807) is 0 Å². The summed E-state index contributed by atoms with van der Waals surface area (Å²) < 4.78 is 11.0. The first-order valence-corrected chi connectivity index (χ1v) is 8.31. The Morgan fingerprint density at radius 3 is 2.67 bits per heavy atom. The number of aromatic nitrogens is 1. The first kappa shape index (κ1) is 16.7. The molecule has 1 heterocycles. The van der Waals surface area contributed by atoms with Crippen LogP contribution in [0.2, 0.25) is 0 Å². The molecule has 3 rings (SSSR count). The quantitative estimate of drug-likeness (QED) is 0.765. The van der Waals surface area contributed by atoms with Crippen molar-refractivity contribution in [1.29, 1.82) is 0 Å². The third kappa shape index (κ3) is 4.04. The number of ether oxygens (including phenoxy) is 1. The van der Waals surface area contributed by atoms with Crippen molar-refractivity contribution in [2.45, 2.75) is 39.5 Å². The summed E-state index contributed by atoms with van der Waals surface area (Å²) in [6.45, 7) is 5.31. The van der Waals surface area contributed by atoms with Crippen LogP contribution < -0.4 is 10.1 Å². The Kier molecular flexibility index (Phi) is 5.33. The first-order chi connectivity index (χ1) is 11.7.